The number of aromatic amines is 1. The van der Waals surface area contributed by atoms with Gasteiger partial charge in [0.25, 0.3) is 0 Å². The van der Waals surface area contributed by atoms with E-state index in [1.165, 1.54) is 54.1 Å². The average Bonchev–Trinajstić information content (AvgIpc) is 2.85. The van der Waals surface area contributed by atoms with Gasteiger partial charge < -0.3 is 10.7 Å². The molecule has 0 bridgehead atoms. The number of hydrogen-bond donors (Lipinski definition) is 2. The fourth-order valence-electron chi connectivity index (χ4n) is 3.56. The van der Waals surface area contributed by atoms with Crippen LogP contribution in [0.2, 0.25) is 0 Å². The molecule has 1 heterocycles. The number of aryl methyl sites for hydroxylation is 1. The molecule has 2 nitrogen and oxygen atoms in total. The first kappa shape index (κ1) is 11.8. The van der Waals surface area contributed by atoms with Crippen LogP contribution < -0.4 is 5.73 Å². The SMILES string of the molecule is Cc1cccc2c(C3(CN)CCCCC3)c[nH]c12. The van der Waals surface area contributed by atoms with E-state index in [4.69, 9.17) is 5.73 Å². The Balaban J connectivity index is 2.15. The zero-order chi connectivity index (χ0) is 12.6. The molecule has 0 amide bonds. The molecular formula is C16H22N2. The fraction of sp³-hybridized carbons (Fsp3) is 0.500. The number of para-hydroxylation sites is 1. The van der Waals surface area contributed by atoms with Crippen LogP contribution in [-0.4, -0.2) is 11.5 Å². The van der Waals surface area contributed by atoms with E-state index in [1.807, 2.05) is 0 Å². The number of nitrogens with two attached hydrogens (primary N) is 1. The molecule has 1 aromatic carbocycles. The van der Waals surface area contributed by atoms with Gasteiger partial charge in [-0.05, 0) is 30.9 Å². The summed E-state index contributed by atoms with van der Waals surface area (Å²) in [6, 6.07) is 6.56. The maximum atomic E-state index is 6.14. The summed E-state index contributed by atoms with van der Waals surface area (Å²) in [5, 5.41) is 1.38. The molecule has 0 unspecified atom stereocenters. The highest BCUT2D eigenvalue weighted by Crippen LogP contribution is 2.41. The number of benzene rings is 1. The lowest BCUT2D eigenvalue weighted by atomic mass is 9.69. The number of hydrogen-bond acceptors (Lipinski definition) is 1. The van der Waals surface area contributed by atoms with Crippen molar-refractivity contribution >= 4 is 10.9 Å². The highest BCUT2D eigenvalue weighted by Gasteiger charge is 2.34. The monoisotopic (exact) mass is 242 g/mol. The van der Waals surface area contributed by atoms with Crippen LogP contribution in [0.25, 0.3) is 10.9 Å². The van der Waals surface area contributed by atoms with Crippen LogP contribution in [0, 0.1) is 6.92 Å². The molecule has 1 fully saturated rings. The summed E-state index contributed by atoms with van der Waals surface area (Å²) in [5.74, 6) is 0. The largest absolute Gasteiger partial charge is 0.361 e. The van der Waals surface area contributed by atoms with E-state index in [2.05, 4.69) is 36.3 Å². The van der Waals surface area contributed by atoms with Gasteiger partial charge in [0, 0.05) is 29.1 Å². The molecule has 2 heteroatoms. The van der Waals surface area contributed by atoms with E-state index in [0.717, 1.165) is 6.54 Å². The van der Waals surface area contributed by atoms with E-state index >= 15 is 0 Å². The van der Waals surface area contributed by atoms with Crippen LogP contribution in [0.4, 0.5) is 0 Å². The highest BCUT2D eigenvalue weighted by molar-refractivity contribution is 5.87. The molecule has 1 aromatic heterocycles. The number of nitrogens with one attached hydrogen (secondary N) is 1. The molecule has 0 radical (unpaired) electrons. The minimum atomic E-state index is 0.213. The third-order valence-electron chi connectivity index (χ3n) is 4.70. The second-order valence-electron chi connectivity index (χ2n) is 5.74. The van der Waals surface area contributed by atoms with Crippen LogP contribution in [0.3, 0.4) is 0 Å². The van der Waals surface area contributed by atoms with Crippen LogP contribution in [-0.2, 0) is 5.41 Å². The molecule has 3 N–H and O–H groups in total. The average molecular weight is 242 g/mol. The van der Waals surface area contributed by atoms with Crippen LogP contribution >= 0.6 is 0 Å². The fourth-order valence-corrected chi connectivity index (χ4v) is 3.56. The van der Waals surface area contributed by atoms with Crippen molar-refractivity contribution < 1.29 is 0 Å². The van der Waals surface area contributed by atoms with Crippen molar-refractivity contribution in [3.05, 3.63) is 35.5 Å². The first-order chi connectivity index (χ1) is 8.77. The third kappa shape index (κ3) is 1.67. The molecule has 0 atom stereocenters. The molecule has 0 spiro atoms. The summed E-state index contributed by atoms with van der Waals surface area (Å²) in [6.45, 7) is 2.94. The summed E-state index contributed by atoms with van der Waals surface area (Å²) in [4.78, 5) is 3.46. The Labute approximate surface area is 109 Å². The smallest absolute Gasteiger partial charge is 0.0486 e. The molecule has 1 aliphatic carbocycles. The maximum absolute atomic E-state index is 6.14. The lowest BCUT2D eigenvalue weighted by Gasteiger charge is -2.36. The van der Waals surface area contributed by atoms with E-state index in [-0.39, 0.29) is 5.41 Å². The van der Waals surface area contributed by atoms with E-state index in [1.54, 1.807) is 0 Å². The lowest BCUT2D eigenvalue weighted by molar-refractivity contribution is 0.303. The van der Waals surface area contributed by atoms with Crippen molar-refractivity contribution in [1.29, 1.82) is 0 Å². The van der Waals surface area contributed by atoms with Crippen LogP contribution in [0.5, 0.6) is 0 Å². The normalized spacial score (nSPS) is 19.2. The molecule has 0 aliphatic heterocycles. The minimum absolute atomic E-state index is 0.213. The topological polar surface area (TPSA) is 41.8 Å². The van der Waals surface area contributed by atoms with Crippen molar-refractivity contribution in [3.8, 4) is 0 Å². The Morgan fingerprint density at radius 1 is 1.22 bits per heavy atom. The predicted molar refractivity (Wildman–Crippen MR) is 76.9 cm³/mol. The Hall–Kier alpha value is -1.28. The molecule has 0 saturated heterocycles. The second kappa shape index (κ2) is 4.43. The van der Waals surface area contributed by atoms with Gasteiger partial charge in [0.15, 0.2) is 0 Å². The zero-order valence-electron chi connectivity index (χ0n) is 11.1. The number of fused-ring (bicyclic) bond motifs is 1. The summed E-state index contributed by atoms with van der Waals surface area (Å²) in [7, 11) is 0. The number of H-pyrrole nitrogens is 1. The third-order valence-corrected chi connectivity index (χ3v) is 4.70. The first-order valence-corrected chi connectivity index (χ1v) is 7.04. The van der Waals surface area contributed by atoms with Gasteiger partial charge in [-0.2, -0.15) is 0 Å². The quantitative estimate of drug-likeness (QED) is 0.829. The van der Waals surface area contributed by atoms with Crippen molar-refractivity contribution in [1.82, 2.24) is 4.98 Å². The van der Waals surface area contributed by atoms with Crippen molar-refractivity contribution in [2.24, 2.45) is 5.73 Å². The van der Waals surface area contributed by atoms with Gasteiger partial charge in [0.1, 0.15) is 0 Å². The predicted octanol–water partition coefficient (Wildman–Crippen LogP) is 3.64. The Morgan fingerprint density at radius 2 is 2.00 bits per heavy atom. The Kier molecular flexibility index (Phi) is 2.90. The van der Waals surface area contributed by atoms with E-state index in [9.17, 15) is 0 Å². The maximum Gasteiger partial charge on any atom is 0.0486 e. The molecule has 1 aliphatic rings. The van der Waals surface area contributed by atoms with Gasteiger partial charge in [-0.15, -0.1) is 0 Å². The van der Waals surface area contributed by atoms with Crippen LogP contribution in [0.1, 0.15) is 43.2 Å². The van der Waals surface area contributed by atoms with Gasteiger partial charge in [-0.1, -0.05) is 37.5 Å². The van der Waals surface area contributed by atoms with Gasteiger partial charge in [-0.25, -0.2) is 0 Å². The molecule has 3 rings (SSSR count). The van der Waals surface area contributed by atoms with Crippen molar-refractivity contribution in [3.63, 3.8) is 0 Å². The van der Waals surface area contributed by atoms with Gasteiger partial charge in [0.05, 0.1) is 0 Å². The molecule has 2 aromatic rings. The zero-order valence-corrected chi connectivity index (χ0v) is 11.1. The summed E-state index contributed by atoms with van der Waals surface area (Å²) in [6.07, 6.45) is 8.68. The summed E-state index contributed by atoms with van der Waals surface area (Å²) in [5.41, 5.74) is 10.4. The molecule has 1 saturated carbocycles. The van der Waals surface area contributed by atoms with Gasteiger partial charge in [-0.3, -0.25) is 0 Å². The van der Waals surface area contributed by atoms with Crippen molar-refractivity contribution in [2.45, 2.75) is 44.4 Å². The minimum Gasteiger partial charge on any atom is -0.361 e. The molecule has 18 heavy (non-hydrogen) atoms. The number of aromatic nitrogens is 1. The molecule has 96 valence electrons. The first-order valence-electron chi connectivity index (χ1n) is 7.04. The number of rotatable bonds is 2. The molecular weight excluding hydrogens is 220 g/mol. The van der Waals surface area contributed by atoms with Gasteiger partial charge in [0.2, 0.25) is 0 Å². The van der Waals surface area contributed by atoms with Crippen molar-refractivity contribution in [2.75, 3.05) is 6.54 Å². The summed E-state index contributed by atoms with van der Waals surface area (Å²) < 4.78 is 0. The van der Waals surface area contributed by atoms with Gasteiger partial charge >= 0.3 is 0 Å². The highest BCUT2D eigenvalue weighted by atomic mass is 14.7. The second-order valence-corrected chi connectivity index (χ2v) is 5.74. The Bertz CT molecular complexity index is 547. The van der Waals surface area contributed by atoms with E-state index < -0.39 is 0 Å². The van der Waals surface area contributed by atoms with E-state index in [0.29, 0.717) is 0 Å². The summed E-state index contributed by atoms with van der Waals surface area (Å²) >= 11 is 0. The standard InChI is InChI=1S/C16H22N2/c1-12-6-5-7-13-14(10-18-15(12)13)16(11-17)8-3-2-4-9-16/h5-7,10,18H,2-4,8-9,11,17H2,1H3. The van der Waals surface area contributed by atoms with Crippen LogP contribution in [0.15, 0.2) is 24.4 Å². The Morgan fingerprint density at radius 3 is 2.72 bits per heavy atom. The lowest BCUT2D eigenvalue weighted by Crippen LogP contribution is -2.36.